The number of fused-ring (bicyclic) bond motifs is 1. The highest BCUT2D eigenvalue weighted by Crippen LogP contribution is 2.59. The van der Waals surface area contributed by atoms with Crippen molar-refractivity contribution < 1.29 is 52.9 Å². The number of imidazole rings is 1. The third-order valence-corrected chi connectivity index (χ3v) is 4.06. The molecule has 1 aromatic heterocycles. The molecule has 0 unspecified atom stereocenters. The van der Waals surface area contributed by atoms with Crippen LogP contribution in [-0.2, 0) is 20.0 Å². The molecule has 2 aromatic rings. The van der Waals surface area contributed by atoms with Crippen molar-refractivity contribution in [2.45, 2.75) is 29.9 Å². The summed E-state index contributed by atoms with van der Waals surface area (Å²) in [6, 6.07) is 4.84. The molecule has 27 heavy (non-hydrogen) atoms. The van der Waals surface area contributed by atoms with Crippen LogP contribution in [0, 0.1) is 0 Å². The van der Waals surface area contributed by atoms with Crippen LogP contribution in [0.5, 0.6) is 0 Å². The lowest BCUT2D eigenvalue weighted by atomic mass is 9.97. The first-order valence-electron chi connectivity index (χ1n) is 6.95. The van der Waals surface area contributed by atoms with Gasteiger partial charge in [0, 0.05) is 0 Å². The van der Waals surface area contributed by atoms with Crippen LogP contribution in [0.25, 0.3) is 11.0 Å². The van der Waals surface area contributed by atoms with Gasteiger partial charge in [-0.25, -0.2) is 9.13 Å². The molecule has 0 aliphatic heterocycles. The molecule has 0 atom stereocenters. The maximum absolute atomic E-state index is 14.3. The van der Waals surface area contributed by atoms with Gasteiger partial charge in [-0.05, 0) is 12.1 Å². The Morgan fingerprint density at radius 1 is 0.741 bits per heavy atom. The smallest absolute Gasteiger partial charge is 0.224 e. The van der Waals surface area contributed by atoms with Gasteiger partial charge in [-0.1, -0.05) is 12.1 Å². The fourth-order valence-electron chi connectivity index (χ4n) is 2.62. The number of benzene rings is 1. The first-order chi connectivity index (χ1) is 11.9. The minimum Gasteiger partial charge on any atom is -0.224 e. The van der Waals surface area contributed by atoms with Crippen LogP contribution in [0.1, 0.15) is 5.82 Å². The normalized spacial score (nSPS) is 14.9. The van der Waals surface area contributed by atoms with Gasteiger partial charge in [-0.2, -0.15) is 48.3 Å². The fourth-order valence-corrected chi connectivity index (χ4v) is 2.62. The molecule has 0 spiro atoms. The number of halogens is 11. The van der Waals surface area contributed by atoms with Crippen molar-refractivity contribution in [3.05, 3.63) is 30.1 Å². The lowest BCUT2D eigenvalue weighted by Crippen LogP contribution is -2.66. The number of nitrogens with zero attached hydrogens (tertiary/aromatic N) is 2. The van der Waals surface area contributed by atoms with E-state index in [0.717, 1.165) is 26.2 Å². The summed E-state index contributed by atoms with van der Waals surface area (Å²) in [4.78, 5) is 0. The van der Waals surface area contributed by atoms with Crippen molar-refractivity contribution in [3.8, 4) is 0 Å². The number of aryl methyl sites for hydroxylation is 2. The molecule has 2 nitrogen and oxygen atoms in total. The molecule has 0 aliphatic rings. The first-order valence-corrected chi connectivity index (χ1v) is 6.95. The fraction of sp³-hybridized carbons (Fsp3) is 0.500. The Bertz CT molecular complexity index is 825. The minimum absolute atomic E-state index is 0.170. The lowest BCUT2D eigenvalue weighted by Gasteiger charge is -2.35. The topological polar surface area (TPSA) is 8.81 Å². The van der Waals surface area contributed by atoms with E-state index in [1.54, 1.807) is 0 Å². The van der Waals surface area contributed by atoms with Crippen molar-refractivity contribution in [3.63, 3.8) is 0 Å². The third kappa shape index (κ3) is 2.57. The zero-order chi connectivity index (χ0) is 21.2. The average molecular weight is 415 g/mol. The lowest BCUT2D eigenvalue weighted by molar-refractivity contribution is -0.668. The number of para-hydroxylation sites is 2. The van der Waals surface area contributed by atoms with Crippen molar-refractivity contribution in [1.82, 2.24) is 4.57 Å². The predicted molar refractivity (Wildman–Crippen MR) is 68.9 cm³/mol. The molecule has 2 rings (SSSR count). The number of aromatic nitrogens is 2. The van der Waals surface area contributed by atoms with E-state index < -0.39 is 35.7 Å². The molecular formula is C14H10F11N2+. The zero-order valence-corrected chi connectivity index (χ0v) is 13.4. The molecule has 0 bridgehead atoms. The highest BCUT2D eigenvalue weighted by Gasteiger charge is 2.89. The molecule has 0 aliphatic carbocycles. The van der Waals surface area contributed by atoms with Gasteiger partial charge in [0.05, 0.1) is 14.1 Å². The average Bonchev–Trinajstić information content (AvgIpc) is 2.78. The van der Waals surface area contributed by atoms with Crippen LogP contribution in [0.15, 0.2) is 24.3 Å². The minimum atomic E-state index is -7.44. The third-order valence-electron chi connectivity index (χ3n) is 4.06. The Morgan fingerprint density at radius 2 is 1.22 bits per heavy atom. The SMILES string of the molecule is Cn1c(C(F)(F)C(F)(F)C(F)(F)C(F)(F)C(F)(F)F)[n+](C)c2ccccc21. The van der Waals surface area contributed by atoms with Gasteiger partial charge in [0.15, 0.2) is 11.0 Å². The highest BCUT2D eigenvalue weighted by molar-refractivity contribution is 5.72. The number of hydrogen-bond donors (Lipinski definition) is 0. The summed E-state index contributed by atoms with van der Waals surface area (Å²) in [7, 11) is 1.50. The quantitative estimate of drug-likeness (QED) is 0.512. The second-order valence-corrected chi connectivity index (χ2v) is 5.73. The van der Waals surface area contributed by atoms with Crippen LogP contribution in [0.2, 0.25) is 0 Å². The van der Waals surface area contributed by atoms with Crippen LogP contribution in [0.3, 0.4) is 0 Å². The maximum Gasteiger partial charge on any atom is 0.460 e. The maximum atomic E-state index is 14.3. The Balaban J connectivity index is 2.75. The molecule has 0 N–H and O–H groups in total. The van der Waals surface area contributed by atoms with E-state index in [1.165, 1.54) is 12.1 Å². The Labute approximate surface area is 143 Å². The number of rotatable bonds is 4. The van der Waals surface area contributed by atoms with Gasteiger partial charge >= 0.3 is 35.7 Å². The van der Waals surface area contributed by atoms with Gasteiger partial charge in [0.1, 0.15) is 0 Å². The number of hydrogen-bond acceptors (Lipinski definition) is 0. The predicted octanol–water partition coefficient (Wildman–Crippen LogP) is 4.56. The van der Waals surface area contributed by atoms with E-state index in [1.807, 2.05) is 0 Å². The van der Waals surface area contributed by atoms with Crippen molar-refractivity contribution in [2.24, 2.45) is 14.1 Å². The molecule has 0 saturated heterocycles. The molecular weight excluding hydrogens is 405 g/mol. The van der Waals surface area contributed by atoms with E-state index in [9.17, 15) is 48.3 Å². The molecule has 1 aromatic carbocycles. The Kier molecular flexibility index (Phi) is 4.49. The van der Waals surface area contributed by atoms with Crippen LogP contribution in [-0.4, -0.2) is 28.5 Å². The van der Waals surface area contributed by atoms with Gasteiger partial charge < -0.3 is 0 Å². The summed E-state index contributed by atoms with van der Waals surface area (Å²) < 4.78 is 146. The Morgan fingerprint density at radius 3 is 1.67 bits per heavy atom. The largest absolute Gasteiger partial charge is 0.460 e. The van der Waals surface area contributed by atoms with Gasteiger partial charge in [-0.3, -0.25) is 0 Å². The van der Waals surface area contributed by atoms with E-state index in [0.29, 0.717) is 9.13 Å². The van der Waals surface area contributed by atoms with Crippen molar-refractivity contribution in [2.75, 3.05) is 0 Å². The first kappa shape index (κ1) is 21.2. The molecule has 0 radical (unpaired) electrons. The van der Waals surface area contributed by atoms with Crippen LogP contribution < -0.4 is 4.57 Å². The molecule has 1 heterocycles. The second kappa shape index (κ2) is 5.71. The molecule has 0 amide bonds. The number of alkyl halides is 11. The van der Waals surface area contributed by atoms with Crippen LogP contribution in [0.4, 0.5) is 48.3 Å². The monoisotopic (exact) mass is 415 g/mol. The summed E-state index contributed by atoms with van der Waals surface area (Å²) in [5.74, 6) is -29.9. The van der Waals surface area contributed by atoms with E-state index in [-0.39, 0.29) is 11.0 Å². The molecule has 13 heteroatoms. The van der Waals surface area contributed by atoms with Gasteiger partial charge in [-0.15, -0.1) is 0 Å². The van der Waals surface area contributed by atoms with E-state index >= 15 is 0 Å². The van der Waals surface area contributed by atoms with Crippen molar-refractivity contribution >= 4 is 11.0 Å². The highest BCUT2D eigenvalue weighted by atomic mass is 19.4. The summed E-state index contributed by atoms with van der Waals surface area (Å²) in [5.41, 5.74) is -0.340. The van der Waals surface area contributed by atoms with E-state index in [2.05, 4.69) is 0 Å². The van der Waals surface area contributed by atoms with Gasteiger partial charge in [0.2, 0.25) is 0 Å². The molecule has 0 saturated carbocycles. The van der Waals surface area contributed by atoms with Gasteiger partial charge in [0.25, 0.3) is 0 Å². The van der Waals surface area contributed by atoms with Crippen molar-refractivity contribution in [1.29, 1.82) is 0 Å². The summed E-state index contributed by atoms with van der Waals surface area (Å²) in [5, 5.41) is 0. The second-order valence-electron chi connectivity index (χ2n) is 5.73. The standard InChI is InChI=1S/C14H10F11N2/c1-26-7-5-3-4-6-8(7)27(2)9(26)10(15,16)11(17,18)12(19,20)13(21,22)14(23,24)25/h3-6H,1-2H3/q+1. The van der Waals surface area contributed by atoms with Crippen LogP contribution >= 0.6 is 0 Å². The summed E-state index contributed by atoms with van der Waals surface area (Å²) >= 11 is 0. The van der Waals surface area contributed by atoms with E-state index in [4.69, 9.17) is 0 Å². The molecule has 0 fully saturated rings. The summed E-state index contributed by atoms with van der Waals surface area (Å²) in [6.45, 7) is 0. The Hall–Kier alpha value is -2.08. The molecule has 152 valence electrons. The zero-order valence-electron chi connectivity index (χ0n) is 13.4. The summed E-state index contributed by atoms with van der Waals surface area (Å²) in [6.07, 6.45) is -7.18.